The molecular formula is C9H12BrClN2O2S. The number of nitrogens with two attached hydrogens (primary N) is 1. The molecule has 0 saturated heterocycles. The normalized spacial score (nSPS) is 13.5. The molecule has 0 radical (unpaired) electrons. The lowest BCUT2D eigenvalue weighted by molar-refractivity contribution is 0.589. The highest BCUT2D eigenvalue weighted by molar-refractivity contribution is 9.10. The van der Waals surface area contributed by atoms with Gasteiger partial charge < -0.3 is 5.73 Å². The summed E-state index contributed by atoms with van der Waals surface area (Å²) in [6.07, 6.45) is 0. The van der Waals surface area contributed by atoms with Crippen LogP contribution in [0.25, 0.3) is 0 Å². The second-order valence-electron chi connectivity index (χ2n) is 3.32. The Balaban J connectivity index is 3.01. The molecule has 0 aromatic heterocycles. The van der Waals surface area contributed by atoms with Crippen molar-refractivity contribution in [3.05, 3.63) is 27.7 Å². The monoisotopic (exact) mass is 326 g/mol. The quantitative estimate of drug-likeness (QED) is 0.890. The number of sulfonamides is 1. The molecule has 0 spiro atoms. The van der Waals surface area contributed by atoms with E-state index in [9.17, 15) is 8.42 Å². The minimum Gasteiger partial charge on any atom is -0.329 e. The maximum absolute atomic E-state index is 11.7. The summed E-state index contributed by atoms with van der Waals surface area (Å²) in [4.78, 5) is 0. The van der Waals surface area contributed by atoms with Gasteiger partial charge in [-0.3, -0.25) is 4.72 Å². The first kappa shape index (κ1) is 13.8. The standard InChI is InChI=1S/C9H12BrClN2O2S/c1-6(5-12)16(14,15)13-9-4-7(11)2-3-8(9)10/h2-4,6,13H,5,12H2,1H3. The summed E-state index contributed by atoms with van der Waals surface area (Å²) in [7, 11) is -3.47. The Kier molecular flexibility index (Phi) is 4.61. The number of hydrogen-bond donors (Lipinski definition) is 2. The third-order valence-electron chi connectivity index (χ3n) is 2.04. The molecule has 90 valence electrons. The van der Waals surface area contributed by atoms with Crippen LogP contribution in [0.2, 0.25) is 5.02 Å². The van der Waals surface area contributed by atoms with Crippen LogP contribution in [-0.4, -0.2) is 20.2 Å². The van der Waals surface area contributed by atoms with Crippen LogP contribution < -0.4 is 10.5 Å². The predicted octanol–water partition coefficient (Wildman–Crippen LogP) is 2.19. The number of anilines is 1. The summed E-state index contributed by atoms with van der Waals surface area (Å²) in [5.74, 6) is 0. The first-order valence-corrected chi connectivity index (χ1v) is 7.25. The van der Waals surface area contributed by atoms with Crippen LogP contribution in [0.5, 0.6) is 0 Å². The molecule has 0 bridgehead atoms. The molecule has 1 rings (SSSR count). The Labute approximate surface area is 108 Å². The highest BCUT2D eigenvalue weighted by atomic mass is 79.9. The zero-order chi connectivity index (χ0) is 12.3. The number of rotatable bonds is 4. The minimum absolute atomic E-state index is 0.0630. The SMILES string of the molecule is CC(CN)S(=O)(=O)Nc1cc(Cl)ccc1Br. The van der Waals surface area contributed by atoms with E-state index in [4.69, 9.17) is 17.3 Å². The summed E-state index contributed by atoms with van der Waals surface area (Å²) >= 11 is 9.02. The Bertz CT molecular complexity index is 478. The van der Waals surface area contributed by atoms with Crippen LogP contribution in [0.3, 0.4) is 0 Å². The summed E-state index contributed by atoms with van der Waals surface area (Å²) < 4.78 is 26.5. The molecule has 16 heavy (non-hydrogen) atoms. The third-order valence-corrected chi connectivity index (χ3v) is 4.73. The van der Waals surface area contributed by atoms with Crippen molar-refractivity contribution in [3.8, 4) is 0 Å². The second kappa shape index (κ2) is 5.35. The van der Waals surface area contributed by atoms with Gasteiger partial charge in [0, 0.05) is 16.0 Å². The molecule has 4 nitrogen and oxygen atoms in total. The van der Waals surface area contributed by atoms with Gasteiger partial charge >= 0.3 is 0 Å². The van der Waals surface area contributed by atoms with Crippen LogP contribution >= 0.6 is 27.5 Å². The average molecular weight is 328 g/mol. The van der Waals surface area contributed by atoms with Crippen LogP contribution in [0, 0.1) is 0 Å². The molecule has 1 unspecified atom stereocenters. The topological polar surface area (TPSA) is 72.2 Å². The van der Waals surface area contributed by atoms with Crippen molar-refractivity contribution in [2.75, 3.05) is 11.3 Å². The molecule has 0 saturated carbocycles. The van der Waals surface area contributed by atoms with Gasteiger partial charge in [0.25, 0.3) is 0 Å². The van der Waals surface area contributed by atoms with E-state index < -0.39 is 15.3 Å². The Morgan fingerprint density at radius 2 is 2.19 bits per heavy atom. The van der Waals surface area contributed by atoms with E-state index in [-0.39, 0.29) is 6.54 Å². The molecule has 3 N–H and O–H groups in total. The number of benzene rings is 1. The van der Waals surface area contributed by atoms with E-state index in [1.807, 2.05) is 0 Å². The number of hydrogen-bond acceptors (Lipinski definition) is 3. The van der Waals surface area contributed by atoms with Gasteiger partial charge in [0.05, 0.1) is 10.9 Å². The van der Waals surface area contributed by atoms with Crippen molar-refractivity contribution in [2.45, 2.75) is 12.2 Å². The molecular weight excluding hydrogens is 316 g/mol. The molecule has 1 aromatic rings. The van der Waals surface area contributed by atoms with Crippen molar-refractivity contribution in [3.63, 3.8) is 0 Å². The lowest BCUT2D eigenvalue weighted by Crippen LogP contribution is -2.31. The van der Waals surface area contributed by atoms with Gasteiger partial charge in [-0.1, -0.05) is 11.6 Å². The highest BCUT2D eigenvalue weighted by Crippen LogP contribution is 2.27. The lowest BCUT2D eigenvalue weighted by atomic mass is 10.3. The van der Waals surface area contributed by atoms with E-state index in [2.05, 4.69) is 20.7 Å². The molecule has 1 atom stereocenters. The molecule has 0 heterocycles. The van der Waals surface area contributed by atoms with Gasteiger partial charge in [0.15, 0.2) is 0 Å². The van der Waals surface area contributed by atoms with Gasteiger partial charge in [-0.25, -0.2) is 8.42 Å². The lowest BCUT2D eigenvalue weighted by Gasteiger charge is -2.14. The second-order valence-corrected chi connectivity index (χ2v) is 6.71. The van der Waals surface area contributed by atoms with Gasteiger partial charge in [0.1, 0.15) is 0 Å². The first-order valence-electron chi connectivity index (χ1n) is 4.53. The van der Waals surface area contributed by atoms with Crippen molar-refractivity contribution >= 4 is 43.2 Å². The van der Waals surface area contributed by atoms with E-state index >= 15 is 0 Å². The summed E-state index contributed by atoms with van der Waals surface area (Å²) in [6.45, 7) is 1.61. The fourth-order valence-electron chi connectivity index (χ4n) is 0.956. The van der Waals surface area contributed by atoms with Crippen LogP contribution in [-0.2, 0) is 10.0 Å². The Hall–Kier alpha value is -0.300. The van der Waals surface area contributed by atoms with Crippen LogP contribution in [0.15, 0.2) is 22.7 Å². The maximum atomic E-state index is 11.7. The third kappa shape index (κ3) is 3.35. The molecule has 0 aliphatic carbocycles. The largest absolute Gasteiger partial charge is 0.329 e. The number of halogens is 2. The van der Waals surface area contributed by atoms with Crippen molar-refractivity contribution in [1.29, 1.82) is 0 Å². The molecule has 0 aliphatic rings. The van der Waals surface area contributed by atoms with E-state index in [1.165, 1.54) is 6.07 Å². The zero-order valence-corrected chi connectivity index (χ0v) is 11.7. The van der Waals surface area contributed by atoms with Gasteiger partial charge in [-0.2, -0.15) is 0 Å². The Morgan fingerprint density at radius 3 is 2.75 bits per heavy atom. The summed E-state index contributed by atoms with van der Waals surface area (Å²) in [5.41, 5.74) is 5.73. The molecule has 7 heteroatoms. The molecule has 0 aliphatic heterocycles. The fraction of sp³-hybridized carbons (Fsp3) is 0.333. The Morgan fingerprint density at radius 1 is 1.56 bits per heavy atom. The molecule has 1 aromatic carbocycles. The molecule has 0 amide bonds. The van der Waals surface area contributed by atoms with E-state index in [0.29, 0.717) is 15.2 Å². The van der Waals surface area contributed by atoms with Gasteiger partial charge in [-0.05, 0) is 41.1 Å². The summed E-state index contributed by atoms with van der Waals surface area (Å²) in [5, 5.41) is -0.195. The molecule has 0 fully saturated rings. The fourth-order valence-corrected chi connectivity index (χ4v) is 2.54. The van der Waals surface area contributed by atoms with E-state index in [1.54, 1.807) is 19.1 Å². The minimum atomic E-state index is -3.47. The number of nitrogens with one attached hydrogen (secondary N) is 1. The maximum Gasteiger partial charge on any atom is 0.236 e. The highest BCUT2D eigenvalue weighted by Gasteiger charge is 2.19. The van der Waals surface area contributed by atoms with Crippen molar-refractivity contribution < 1.29 is 8.42 Å². The van der Waals surface area contributed by atoms with Crippen LogP contribution in [0.1, 0.15) is 6.92 Å². The zero-order valence-electron chi connectivity index (χ0n) is 8.57. The van der Waals surface area contributed by atoms with Gasteiger partial charge in [-0.15, -0.1) is 0 Å². The summed E-state index contributed by atoms with van der Waals surface area (Å²) in [6, 6.07) is 4.87. The van der Waals surface area contributed by atoms with E-state index in [0.717, 1.165) is 0 Å². The smallest absolute Gasteiger partial charge is 0.236 e. The van der Waals surface area contributed by atoms with Gasteiger partial charge in [0.2, 0.25) is 10.0 Å². The first-order chi connectivity index (χ1) is 7.36. The van der Waals surface area contributed by atoms with Crippen LogP contribution in [0.4, 0.5) is 5.69 Å². The average Bonchev–Trinajstić information content (AvgIpc) is 2.22. The predicted molar refractivity (Wildman–Crippen MR) is 70.2 cm³/mol. The van der Waals surface area contributed by atoms with Crippen molar-refractivity contribution in [2.24, 2.45) is 5.73 Å². The van der Waals surface area contributed by atoms with Crippen molar-refractivity contribution in [1.82, 2.24) is 0 Å².